The number of benzene rings is 1. The minimum atomic E-state index is -3.80. The van der Waals surface area contributed by atoms with Gasteiger partial charge in [-0.25, -0.2) is 0 Å². The van der Waals surface area contributed by atoms with Gasteiger partial charge in [-0.1, -0.05) is 167 Å². The van der Waals surface area contributed by atoms with Crippen molar-refractivity contribution in [3.8, 4) is 0 Å². The molecule has 6 heteroatoms. The fourth-order valence-electron chi connectivity index (χ4n) is 5.52. The van der Waals surface area contributed by atoms with Crippen LogP contribution in [-0.2, 0) is 44.1 Å². The molecule has 0 radical (unpaired) electrons. The Hall–Kier alpha value is 0.763. The van der Waals surface area contributed by atoms with Gasteiger partial charge in [0.25, 0.3) is 0 Å². The van der Waals surface area contributed by atoms with E-state index in [0.717, 1.165) is 35.5 Å². The van der Waals surface area contributed by atoms with Gasteiger partial charge in [-0.3, -0.25) is 0 Å². The molecule has 0 spiro atoms. The summed E-state index contributed by atoms with van der Waals surface area (Å²) in [5.41, 5.74) is -1.26. The third-order valence-electron chi connectivity index (χ3n) is 7.95. The van der Waals surface area contributed by atoms with E-state index in [-0.39, 0.29) is 19.5 Å². The van der Waals surface area contributed by atoms with Gasteiger partial charge >= 0.3 is 19.5 Å². The molecule has 0 aliphatic heterocycles. The van der Waals surface area contributed by atoms with Crippen molar-refractivity contribution in [1.29, 1.82) is 0 Å². The molecule has 0 N–H and O–H groups in total. The summed E-state index contributed by atoms with van der Waals surface area (Å²) >= 11 is 5.60. The van der Waals surface area contributed by atoms with Crippen LogP contribution < -0.4 is 9.79 Å². The summed E-state index contributed by atoms with van der Waals surface area (Å²) in [6.45, 7) is 4.56. The Kier molecular flexibility index (Phi) is 29.1. The van der Waals surface area contributed by atoms with Gasteiger partial charge in [-0.15, -0.1) is 23.2 Å². The van der Waals surface area contributed by atoms with E-state index in [2.05, 4.69) is 26.0 Å². The smallest absolute Gasteiger partial charge is 0.824 e. The molecule has 0 amide bonds. The van der Waals surface area contributed by atoms with Gasteiger partial charge in [0.15, 0.2) is 0 Å². The maximum atomic E-state index is 11.8. The normalized spacial score (nSPS) is 11.6. The molecule has 40 heavy (non-hydrogen) atoms. The summed E-state index contributed by atoms with van der Waals surface area (Å²) in [5, 5.41) is 0. The van der Waals surface area contributed by atoms with Gasteiger partial charge in [-0.05, 0) is 42.9 Å². The molecule has 0 saturated heterocycles. The second kappa shape index (κ2) is 28.5. The molecule has 1 aromatic rings. The van der Waals surface area contributed by atoms with Crippen LogP contribution in [0, 0.1) is 0 Å². The molecule has 0 heterocycles. The molecule has 2 nitrogen and oxygen atoms in total. The Bertz CT molecular complexity index is 741. The number of aryl methyl sites for hydroxylation is 2. The zero-order valence-corrected chi connectivity index (χ0v) is 31.9. The van der Waals surface area contributed by atoms with Crippen LogP contribution in [-0.4, -0.2) is 0 Å². The summed E-state index contributed by atoms with van der Waals surface area (Å²) in [7, 11) is 0. The van der Waals surface area contributed by atoms with Gasteiger partial charge in [-0.2, -0.15) is 5.69 Å². The summed E-state index contributed by atoms with van der Waals surface area (Å²) in [5.74, 6) is 0. The fraction of sp³-hybridized carbons (Fsp3) is 0.824. The molecule has 0 bridgehead atoms. The summed E-state index contributed by atoms with van der Waals surface area (Å²) in [4.78, 5) is 24.5. The number of hydrogen-bond donors (Lipinski definition) is 0. The maximum absolute atomic E-state index is 11.8. The van der Waals surface area contributed by atoms with Crippen LogP contribution in [0.15, 0.2) is 23.1 Å². The Labute approximate surface area is 271 Å². The van der Waals surface area contributed by atoms with Gasteiger partial charge < -0.3 is 9.79 Å². The first-order valence-corrected chi connectivity index (χ1v) is 20.9. The molecule has 0 unspecified atom stereocenters. The molecule has 1 aromatic carbocycles. The molecule has 0 fully saturated rings. The van der Waals surface area contributed by atoms with E-state index in [1.54, 1.807) is 0 Å². The summed E-state index contributed by atoms with van der Waals surface area (Å²) < 4.78 is 0. The van der Waals surface area contributed by atoms with Gasteiger partial charge in [0.1, 0.15) is 0 Å². The van der Waals surface area contributed by atoms with E-state index < -0.39 is 5.69 Å². The van der Waals surface area contributed by atoms with Crippen LogP contribution in [0.3, 0.4) is 0 Å². The molecule has 0 atom stereocenters. The van der Waals surface area contributed by atoms with Crippen molar-refractivity contribution >= 4 is 28.9 Å². The SMILES string of the molecule is CCCCCCCCCCCCCCc1ccc(SP([O-])([O-])=S)c(CCCCCCCCCCCCCC)c1.[Zn+2]. The number of unbranched alkanes of at least 4 members (excludes halogenated alkanes) is 22. The molecule has 0 aliphatic rings. The van der Waals surface area contributed by atoms with Gasteiger partial charge in [0.05, 0.1) is 0 Å². The monoisotopic (exact) mass is 660 g/mol. The zero-order chi connectivity index (χ0) is 28.4. The maximum Gasteiger partial charge on any atom is 2.00 e. The first-order chi connectivity index (χ1) is 19.0. The first-order valence-electron chi connectivity index (χ1n) is 16.8. The minimum absolute atomic E-state index is 0. The first kappa shape index (κ1) is 40.8. The molecular weight excluding hydrogens is 601 g/mol. The Balaban J connectivity index is 0.0000152. The third-order valence-corrected chi connectivity index (χ3v) is 10.7. The van der Waals surface area contributed by atoms with E-state index in [9.17, 15) is 9.79 Å². The second-order valence-electron chi connectivity index (χ2n) is 11.8. The van der Waals surface area contributed by atoms with Crippen LogP contribution in [0.2, 0.25) is 0 Å². The second-order valence-corrected chi connectivity index (χ2v) is 17.4. The molecule has 0 aromatic heterocycles. The van der Waals surface area contributed by atoms with Crippen molar-refractivity contribution in [3.05, 3.63) is 29.3 Å². The van der Waals surface area contributed by atoms with Crippen molar-refractivity contribution in [2.75, 3.05) is 0 Å². The molecule has 228 valence electrons. The number of rotatable bonds is 28. The standard InChI is InChI=1S/C34H63O2PS2.Zn/c1-3-5-7-9-11-13-15-17-19-21-23-25-27-32-29-30-34(39-37(35,36)38)33(31-32)28-26-24-22-20-18-16-14-12-10-8-6-4-2;/h29-31H,3-28H2,1-2H3,(H2,35,36,38);/q;+2/p-2. The average molecular weight is 662 g/mol. The molecule has 0 aliphatic carbocycles. The number of hydrogen-bond acceptors (Lipinski definition) is 4. The predicted molar refractivity (Wildman–Crippen MR) is 176 cm³/mol. The fourth-order valence-corrected chi connectivity index (χ4v) is 8.15. The van der Waals surface area contributed by atoms with Crippen LogP contribution in [0.4, 0.5) is 0 Å². The van der Waals surface area contributed by atoms with Crippen molar-refractivity contribution in [3.63, 3.8) is 0 Å². The average Bonchev–Trinajstić information content (AvgIpc) is 2.90. The topological polar surface area (TPSA) is 46.1 Å². The Morgan fingerprint density at radius 1 is 0.550 bits per heavy atom. The van der Waals surface area contributed by atoms with Crippen LogP contribution >= 0.6 is 17.1 Å². The Morgan fingerprint density at radius 2 is 0.900 bits per heavy atom. The van der Waals surface area contributed by atoms with Crippen LogP contribution in [0.5, 0.6) is 0 Å². The molecular formula is C34H61O2PS2Zn. The summed E-state index contributed by atoms with van der Waals surface area (Å²) in [6, 6.07) is 6.40. The third kappa shape index (κ3) is 25.3. The van der Waals surface area contributed by atoms with Crippen molar-refractivity contribution in [1.82, 2.24) is 0 Å². The van der Waals surface area contributed by atoms with E-state index in [1.165, 1.54) is 159 Å². The van der Waals surface area contributed by atoms with Crippen LogP contribution in [0.25, 0.3) is 0 Å². The summed E-state index contributed by atoms with van der Waals surface area (Å²) in [6.07, 6.45) is 34.5. The molecule has 0 saturated carbocycles. The van der Waals surface area contributed by atoms with Crippen molar-refractivity contribution in [2.24, 2.45) is 0 Å². The van der Waals surface area contributed by atoms with Gasteiger partial charge in [0.2, 0.25) is 0 Å². The zero-order valence-electron chi connectivity index (χ0n) is 26.4. The van der Waals surface area contributed by atoms with Gasteiger partial charge in [0, 0.05) is 4.90 Å². The quantitative estimate of drug-likeness (QED) is 0.0509. The van der Waals surface area contributed by atoms with E-state index in [0.29, 0.717) is 0 Å². The molecule has 1 rings (SSSR count). The van der Waals surface area contributed by atoms with Crippen molar-refractivity contribution in [2.45, 2.75) is 186 Å². The predicted octanol–water partition coefficient (Wildman–Crippen LogP) is 11.2. The van der Waals surface area contributed by atoms with Crippen LogP contribution in [0.1, 0.15) is 179 Å². The largest absolute Gasteiger partial charge is 2.00 e. The van der Waals surface area contributed by atoms with E-state index in [4.69, 9.17) is 11.8 Å². The Morgan fingerprint density at radius 3 is 1.27 bits per heavy atom. The minimum Gasteiger partial charge on any atom is -0.824 e. The van der Waals surface area contributed by atoms with Crippen molar-refractivity contribution < 1.29 is 29.3 Å². The van der Waals surface area contributed by atoms with E-state index in [1.807, 2.05) is 6.07 Å². The van der Waals surface area contributed by atoms with E-state index >= 15 is 0 Å².